The van der Waals surface area contributed by atoms with Crippen LogP contribution >= 0.6 is 0 Å². The fourth-order valence-electron chi connectivity index (χ4n) is 6.43. The van der Waals surface area contributed by atoms with Crippen LogP contribution in [0.1, 0.15) is 61.3 Å². The van der Waals surface area contributed by atoms with E-state index < -0.39 is 64.1 Å². The summed E-state index contributed by atoms with van der Waals surface area (Å²) >= 11 is 0. The van der Waals surface area contributed by atoms with E-state index in [1.807, 2.05) is 6.92 Å². The Hall–Kier alpha value is -1.32. The number of hydrogen-bond donors (Lipinski definition) is 4. The van der Waals surface area contributed by atoms with Crippen LogP contribution in [0, 0.1) is 22.7 Å². The summed E-state index contributed by atoms with van der Waals surface area (Å²) in [5.41, 5.74) is -4.80. The molecule has 1 aliphatic heterocycles. The summed E-state index contributed by atoms with van der Waals surface area (Å²) in [5, 5.41) is 45.6. The van der Waals surface area contributed by atoms with E-state index in [-0.39, 0.29) is 18.9 Å². The van der Waals surface area contributed by atoms with Crippen molar-refractivity contribution in [2.24, 2.45) is 22.7 Å². The number of carbonyl (C=O) groups is 2. The van der Waals surface area contributed by atoms with Gasteiger partial charge in [0, 0.05) is 30.1 Å². The Labute approximate surface area is 189 Å². The number of aliphatic hydroxyl groups excluding tert-OH is 2. The number of hydrogen-bond acceptors (Lipinski definition) is 8. The van der Waals surface area contributed by atoms with E-state index in [0.717, 1.165) is 0 Å². The monoisotopic (exact) mass is 454 g/mol. The fraction of sp³-hybridized carbons (Fsp3) is 0.833. The molecule has 0 aromatic rings. The third kappa shape index (κ3) is 3.46. The lowest BCUT2D eigenvalue weighted by Gasteiger charge is -2.66. The van der Waals surface area contributed by atoms with Crippen molar-refractivity contribution in [3.05, 3.63) is 11.6 Å². The van der Waals surface area contributed by atoms with Gasteiger partial charge in [-0.3, -0.25) is 9.59 Å². The van der Waals surface area contributed by atoms with Crippen LogP contribution < -0.4 is 0 Å². The number of carbonyl (C=O) groups excluding carboxylic acids is 2. The zero-order chi connectivity index (χ0) is 24.4. The molecule has 3 rings (SSSR count). The number of fused-ring (bicyclic) bond motifs is 1. The van der Waals surface area contributed by atoms with Gasteiger partial charge < -0.3 is 29.9 Å². The van der Waals surface area contributed by atoms with Gasteiger partial charge in [0.15, 0.2) is 5.78 Å². The Kier molecular flexibility index (Phi) is 6.23. The zero-order valence-corrected chi connectivity index (χ0v) is 20.1. The van der Waals surface area contributed by atoms with Crippen LogP contribution in [0.2, 0.25) is 0 Å². The minimum Gasteiger partial charge on any atom is -0.459 e. The van der Waals surface area contributed by atoms with Crippen molar-refractivity contribution in [3.63, 3.8) is 0 Å². The van der Waals surface area contributed by atoms with Crippen molar-refractivity contribution >= 4 is 11.8 Å². The minimum absolute atomic E-state index is 0.0685. The Bertz CT molecular complexity index is 821. The maximum absolute atomic E-state index is 12.4. The second kappa shape index (κ2) is 7.87. The first-order valence-electron chi connectivity index (χ1n) is 11.3. The van der Waals surface area contributed by atoms with Crippen molar-refractivity contribution < 1.29 is 39.5 Å². The van der Waals surface area contributed by atoms with Crippen LogP contribution in [0.5, 0.6) is 0 Å². The number of ether oxygens (including phenoxy) is 2. The highest BCUT2D eigenvalue weighted by atomic mass is 16.6. The highest BCUT2D eigenvalue weighted by Gasteiger charge is 2.72. The molecule has 1 saturated carbocycles. The lowest BCUT2D eigenvalue weighted by molar-refractivity contribution is -0.348. The molecule has 1 heterocycles. The molecule has 32 heavy (non-hydrogen) atoms. The van der Waals surface area contributed by atoms with Crippen molar-refractivity contribution in [1.29, 1.82) is 0 Å². The molecule has 9 atom stereocenters. The van der Waals surface area contributed by atoms with E-state index in [0.29, 0.717) is 12.0 Å². The Morgan fingerprint density at radius 1 is 1.22 bits per heavy atom. The first-order valence-corrected chi connectivity index (χ1v) is 11.3. The Morgan fingerprint density at radius 3 is 2.28 bits per heavy atom. The first-order chi connectivity index (χ1) is 14.5. The molecule has 0 spiro atoms. The van der Waals surface area contributed by atoms with Gasteiger partial charge in [-0.25, -0.2) is 0 Å². The van der Waals surface area contributed by atoms with Gasteiger partial charge in [-0.15, -0.1) is 0 Å². The first kappa shape index (κ1) is 25.3. The third-order valence-corrected chi connectivity index (χ3v) is 8.69. The Balaban J connectivity index is 2.26. The van der Waals surface area contributed by atoms with Gasteiger partial charge in [0.1, 0.15) is 23.4 Å². The number of Topliss-reactive ketones (excluding diaryl/α,β-unsaturated/α-hetero) is 1. The van der Waals surface area contributed by atoms with Crippen molar-refractivity contribution in [1.82, 2.24) is 0 Å². The molecule has 182 valence electrons. The molecule has 0 unspecified atom stereocenters. The smallest absolute Gasteiger partial charge is 0.303 e. The molecule has 0 amide bonds. The van der Waals surface area contributed by atoms with Crippen LogP contribution in [0.4, 0.5) is 0 Å². The van der Waals surface area contributed by atoms with E-state index >= 15 is 0 Å². The van der Waals surface area contributed by atoms with E-state index in [1.165, 1.54) is 13.8 Å². The summed E-state index contributed by atoms with van der Waals surface area (Å²) in [6, 6.07) is 0. The molecule has 0 aromatic carbocycles. The highest BCUT2D eigenvalue weighted by molar-refractivity contribution is 5.81. The number of rotatable bonds is 5. The van der Waals surface area contributed by atoms with E-state index in [1.54, 1.807) is 33.8 Å². The van der Waals surface area contributed by atoms with Crippen molar-refractivity contribution in [2.45, 2.75) is 96.9 Å². The predicted molar refractivity (Wildman–Crippen MR) is 115 cm³/mol. The zero-order valence-electron chi connectivity index (χ0n) is 20.1. The normalized spacial score (nSPS) is 45.0. The molecular formula is C24H38O8. The van der Waals surface area contributed by atoms with Crippen LogP contribution in [0.15, 0.2) is 11.6 Å². The van der Waals surface area contributed by atoms with E-state index in [2.05, 4.69) is 0 Å². The predicted octanol–water partition coefficient (Wildman–Crippen LogP) is 1.13. The number of aliphatic hydroxyl groups is 4. The molecular weight excluding hydrogens is 416 g/mol. The molecule has 0 aromatic heterocycles. The number of esters is 1. The second-order valence-electron chi connectivity index (χ2n) is 11.1. The van der Waals surface area contributed by atoms with Crippen LogP contribution in [0.25, 0.3) is 0 Å². The van der Waals surface area contributed by atoms with Gasteiger partial charge in [0.2, 0.25) is 0 Å². The summed E-state index contributed by atoms with van der Waals surface area (Å²) in [6.07, 6.45) is -2.29. The van der Waals surface area contributed by atoms with Crippen molar-refractivity contribution in [3.8, 4) is 0 Å². The second-order valence-corrected chi connectivity index (χ2v) is 11.1. The fourth-order valence-corrected chi connectivity index (χ4v) is 6.43. The van der Waals surface area contributed by atoms with Gasteiger partial charge in [-0.1, -0.05) is 33.8 Å². The Morgan fingerprint density at radius 2 is 1.81 bits per heavy atom. The van der Waals surface area contributed by atoms with E-state index in [9.17, 15) is 30.0 Å². The SMILES string of the molecule is CC(=O)O[C@@H]([C@@H]1[C@]2(O)CO[C@@H]2C[C@H](C)[C@@]1(C)[C@H](O)C(C)=O)[C@]1(O)C[C@H](O)C(C)=CC1(C)C. The van der Waals surface area contributed by atoms with Crippen LogP contribution in [0.3, 0.4) is 0 Å². The molecule has 3 aliphatic rings. The average Bonchev–Trinajstić information content (AvgIpc) is 2.66. The van der Waals surface area contributed by atoms with Gasteiger partial charge in [0.25, 0.3) is 0 Å². The quantitative estimate of drug-likeness (QED) is 0.359. The molecule has 1 saturated heterocycles. The van der Waals surface area contributed by atoms with Gasteiger partial charge in [-0.2, -0.15) is 0 Å². The molecule has 8 nitrogen and oxygen atoms in total. The average molecular weight is 455 g/mol. The summed E-state index contributed by atoms with van der Waals surface area (Å²) < 4.78 is 11.4. The maximum Gasteiger partial charge on any atom is 0.303 e. The summed E-state index contributed by atoms with van der Waals surface area (Å²) in [6.45, 7) is 11.3. The van der Waals surface area contributed by atoms with Crippen molar-refractivity contribution in [2.75, 3.05) is 6.61 Å². The van der Waals surface area contributed by atoms with Crippen LogP contribution in [-0.2, 0) is 19.1 Å². The highest BCUT2D eigenvalue weighted by Crippen LogP contribution is 2.61. The largest absolute Gasteiger partial charge is 0.459 e. The molecule has 0 radical (unpaired) electrons. The maximum atomic E-state index is 12.4. The molecule has 8 heteroatoms. The number of ketones is 1. The standard InChI is InChI=1S/C24H38O8/c1-12-9-21(5,6)24(30,10-16(12)27)20(32-15(4)26)18-22(7,19(28)14(3)25)13(2)8-17-23(18,29)11-31-17/h9,13,16-20,27-30H,8,10-11H2,1-7H3/t13-,16-,17+,18-,19+,20-,22+,23-,24+/m0/s1. The molecule has 2 fully saturated rings. The topological polar surface area (TPSA) is 134 Å². The van der Waals surface area contributed by atoms with Gasteiger partial charge in [0.05, 0.1) is 18.8 Å². The molecule has 2 aliphatic carbocycles. The van der Waals surface area contributed by atoms with Gasteiger partial charge in [-0.05, 0) is 31.8 Å². The third-order valence-electron chi connectivity index (χ3n) is 8.69. The summed E-state index contributed by atoms with van der Waals surface area (Å²) in [4.78, 5) is 24.7. The minimum atomic E-state index is -1.78. The van der Waals surface area contributed by atoms with Crippen LogP contribution in [-0.4, -0.2) is 74.4 Å². The van der Waals surface area contributed by atoms with Gasteiger partial charge >= 0.3 is 5.97 Å². The lowest BCUT2D eigenvalue weighted by Crippen LogP contribution is -2.78. The molecule has 4 N–H and O–H groups in total. The molecule has 0 bridgehead atoms. The van der Waals surface area contributed by atoms with E-state index in [4.69, 9.17) is 9.47 Å². The summed E-state index contributed by atoms with van der Waals surface area (Å²) in [5.74, 6) is -2.46. The summed E-state index contributed by atoms with van der Waals surface area (Å²) in [7, 11) is 0. The lowest BCUT2D eigenvalue weighted by atomic mass is 9.46.